The van der Waals surface area contributed by atoms with E-state index in [0.29, 0.717) is 23.0 Å². The van der Waals surface area contributed by atoms with Crippen molar-refractivity contribution in [3.63, 3.8) is 0 Å². The lowest BCUT2D eigenvalue weighted by Gasteiger charge is -2.61. The molecule has 0 amide bonds. The second-order valence-corrected chi connectivity index (χ2v) is 13.0. The van der Waals surface area contributed by atoms with Crippen molar-refractivity contribution < 1.29 is 9.90 Å². The highest BCUT2D eigenvalue weighted by molar-refractivity contribution is 7.98. The summed E-state index contributed by atoms with van der Waals surface area (Å²) in [4.78, 5) is 14.8. The van der Waals surface area contributed by atoms with Gasteiger partial charge in [-0.3, -0.25) is 4.79 Å². The molecule has 31 heavy (non-hydrogen) atoms. The largest absolute Gasteiger partial charge is 0.390 e. The van der Waals surface area contributed by atoms with Crippen LogP contribution in [0.25, 0.3) is 0 Å². The van der Waals surface area contributed by atoms with Crippen molar-refractivity contribution in [2.45, 2.75) is 89.1 Å². The van der Waals surface area contributed by atoms with E-state index in [1.807, 2.05) is 0 Å². The van der Waals surface area contributed by atoms with Crippen LogP contribution in [0.5, 0.6) is 0 Å². The Kier molecular flexibility index (Phi) is 5.41. The third kappa shape index (κ3) is 3.44. The first-order valence-electron chi connectivity index (χ1n) is 12.6. The minimum Gasteiger partial charge on any atom is -0.390 e. The average Bonchev–Trinajstić information content (AvgIpc) is 3.11. The number of aliphatic hydroxyl groups is 1. The molecule has 0 bridgehead atoms. The first kappa shape index (κ1) is 22.0. The SMILES string of the molecule is CSc1ccc(C(=O)[C@H]2CC[C@H]3[C@@H]4CC[C@@H]5C[C@](C)(O)CC[C@]5(C)[C@H]4CC[C@]23C)cc1. The maximum absolute atomic E-state index is 13.6. The van der Waals surface area contributed by atoms with Crippen molar-refractivity contribution in [3.05, 3.63) is 29.8 Å². The summed E-state index contributed by atoms with van der Waals surface area (Å²) in [6.45, 7) is 7.06. The van der Waals surface area contributed by atoms with E-state index in [-0.39, 0.29) is 11.3 Å². The summed E-state index contributed by atoms with van der Waals surface area (Å²) in [5.74, 6) is 3.53. The van der Waals surface area contributed by atoms with Crippen LogP contribution < -0.4 is 0 Å². The topological polar surface area (TPSA) is 37.3 Å². The zero-order chi connectivity index (χ0) is 22.0. The number of ketones is 1. The van der Waals surface area contributed by atoms with Crippen molar-refractivity contribution in [3.8, 4) is 0 Å². The molecule has 8 atom stereocenters. The molecule has 4 aliphatic rings. The lowest BCUT2D eigenvalue weighted by Crippen LogP contribution is -2.55. The monoisotopic (exact) mass is 440 g/mol. The quantitative estimate of drug-likeness (QED) is 0.406. The van der Waals surface area contributed by atoms with Crippen molar-refractivity contribution in [1.29, 1.82) is 0 Å². The first-order valence-corrected chi connectivity index (χ1v) is 13.8. The van der Waals surface area contributed by atoms with Crippen LogP contribution in [0.2, 0.25) is 0 Å². The Labute approximate surface area is 193 Å². The van der Waals surface area contributed by atoms with E-state index in [1.54, 1.807) is 11.8 Å². The molecule has 1 aromatic carbocycles. The zero-order valence-electron chi connectivity index (χ0n) is 19.8. The van der Waals surface area contributed by atoms with Gasteiger partial charge in [0.15, 0.2) is 5.78 Å². The number of thioether (sulfide) groups is 1. The van der Waals surface area contributed by atoms with Gasteiger partial charge in [0.25, 0.3) is 0 Å². The van der Waals surface area contributed by atoms with Crippen molar-refractivity contribution >= 4 is 17.5 Å². The molecule has 0 aliphatic heterocycles. The molecule has 0 saturated heterocycles. The highest BCUT2D eigenvalue weighted by Gasteiger charge is 2.61. The molecule has 4 saturated carbocycles. The molecule has 0 radical (unpaired) electrons. The van der Waals surface area contributed by atoms with Crippen LogP contribution in [0.15, 0.2) is 29.2 Å². The van der Waals surface area contributed by atoms with Gasteiger partial charge in [-0.2, -0.15) is 0 Å². The number of rotatable bonds is 3. The van der Waals surface area contributed by atoms with Gasteiger partial charge in [-0.25, -0.2) is 0 Å². The predicted molar refractivity (Wildman–Crippen MR) is 128 cm³/mol. The smallest absolute Gasteiger partial charge is 0.166 e. The van der Waals surface area contributed by atoms with Gasteiger partial charge in [-0.05, 0) is 118 Å². The van der Waals surface area contributed by atoms with Crippen LogP contribution >= 0.6 is 11.8 Å². The van der Waals surface area contributed by atoms with Crippen LogP contribution in [0.3, 0.4) is 0 Å². The van der Waals surface area contributed by atoms with E-state index in [4.69, 9.17) is 0 Å². The van der Waals surface area contributed by atoms with Gasteiger partial charge in [0.1, 0.15) is 0 Å². The molecule has 4 aliphatic carbocycles. The summed E-state index contributed by atoms with van der Waals surface area (Å²) >= 11 is 1.73. The van der Waals surface area contributed by atoms with Gasteiger partial charge in [-0.15, -0.1) is 11.8 Å². The Morgan fingerprint density at radius 2 is 1.61 bits per heavy atom. The Morgan fingerprint density at radius 3 is 2.32 bits per heavy atom. The van der Waals surface area contributed by atoms with Crippen LogP contribution in [0, 0.1) is 40.4 Å². The lowest BCUT2D eigenvalue weighted by molar-refractivity contribution is -0.144. The van der Waals surface area contributed by atoms with Crippen LogP contribution in [0.1, 0.15) is 88.9 Å². The number of benzene rings is 1. The fraction of sp³-hybridized carbons (Fsp3) is 0.750. The third-order valence-corrected chi connectivity index (χ3v) is 11.4. The second-order valence-electron chi connectivity index (χ2n) is 12.1. The molecular weight excluding hydrogens is 400 g/mol. The van der Waals surface area contributed by atoms with E-state index < -0.39 is 5.60 Å². The van der Waals surface area contributed by atoms with Crippen LogP contribution in [-0.4, -0.2) is 22.7 Å². The van der Waals surface area contributed by atoms with Crippen LogP contribution in [0.4, 0.5) is 0 Å². The highest BCUT2D eigenvalue weighted by Crippen LogP contribution is 2.68. The van der Waals surface area contributed by atoms with Gasteiger partial charge < -0.3 is 5.11 Å². The average molecular weight is 441 g/mol. The Morgan fingerprint density at radius 1 is 0.903 bits per heavy atom. The van der Waals surface area contributed by atoms with E-state index in [0.717, 1.165) is 36.7 Å². The number of carbonyl (C=O) groups excluding carboxylic acids is 1. The number of carbonyl (C=O) groups is 1. The molecule has 1 N–H and O–H groups in total. The Balaban J connectivity index is 1.37. The fourth-order valence-electron chi connectivity index (χ4n) is 8.82. The molecule has 0 heterocycles. The Hall–Kier alpha value is -0.800. The van der Waals surface area contributed by atoms with E-state index >= 15 is 0 Å². The molecule has 1 aromatic rings. The van der Waals surface area contributed by atoms with Crippen molar-refractivity contribution in [2.24, 2.45) is 40.4 Å². The molecule has 2 nitrogen and oxygen atoms in total. The van der Waals surface area contributed by atoms with E-state index in [2.05, 4.69) is 51.3 Å². The number of fused-ring (bicyclic) bond motifs is 5. The fourth-order valence-corrected chi connectivity index (χ4v) is 9.23. The minimum atomic E-state index is -0.461. The first-order chi connectivity index (χ1) is 14.7. The molecule has 5 rings (SSSR count). The van der Waals surface area contributed by atoms with Crippen molar-refractivity contribution in [1.82, 2.24) is 0 Å². The third-order valence-electron chi connectivity index (χ3n) is 10.6. The molecule has 0 spiro atoms. The van der Waals surface area contributed by atoms with E-state index in [1.165, 1.54) is 43.4 Å². The summed E-state index contributed by atoms with van der Waals surface area (Å²) in [5, 5.41) is 10.7. The van der Waals surface area contributed by atoms with Gasteiger partial charge in [0.05, 0.1) is 5.60 Å². The summed E-state index contributed by atoms with van der Waals surface area (Å²) < 4.78 is 0. The molecule has 3 heteroatoms. The maximum atomic E-state index is 13.6. The summed E-state index contributed by atoms with van der Waals surface area (Å²) in [7, 11) is 0. The molecule has 4 fully saturated rings. The number of hydrogen-bond donors (Lipinski definition) is 1. The van der Waals surface area contributed by atoms with Gasteiger partial charge in [-0.1, -0.05) is 26.0 Å². The minimum absolute atomic E-state index is 0.166. The lowest BCUT2D eigenvalue weighted by atomic mass is 9.44. The number of hydrogen-bond acceptors (Lipinski definition) is 3. The second kappa shape index (κ2) is 7.62. The molecule has 0 unspecified atom stereocenters. The summed E-state index contributed by atoms with van der Waals surface area (Å²) in [6.07, 6.45) is 12.6. The molecule has 170 valence electrons. The highest BCUT2D eigenvalue weighted by atomic mass is 32.2. The molecule has 0 aromatic heterocycles. The van der Waals surface area contributed by atoms with Gasteiger partial charge >= 0.3 is 0 Å². The Bertz CT molecular complexity index is 845. The number of Topliss-reactive ketones (excluding diaryl/α,β-unsaturated/α-hetero) is 1. The van der Waals surface area contributed by atoms with E-state index in [9.17, 15) is 9.90 Å². The normalized spacial score (nSPS) is 46.7. The molecular formula is C28H40O2S. The van der Waals surface area contributed by atoms with Crippen molar-refractivity contribution in [2.75, 3.05) is 6.26 Å². The van der Waals surface area contributed by atoms with Gasteiger partial charge in [0, 0.05) is 16.4 Å². The summed E-state index contributed by atoms with van der Waals surface area (Å²) in [6, 6.07) is 8.31. The van der Waals surface area contributed by atoms with Crippen LogP contribution in [-0.2, 0) is 0 Å². The standard InChI is InChI=1S/C28H40O2S/c1-26(30)15-16-27(2)19(17-26)7-10-21-22-11-12-24(28(22,3)14-13-23(21)27)25(29)18-5-8-20(31-4)9-6-18/h5-6,8-9,19,21-24,30H,7,10-17H2,1-4H3/t19-,21+,22+,23+,24-,26-,27+,28+/m1/s1. The predicted octanol–water partition coefficient (Wildman–Crippen LogP) is 7.00. The van der Waals surface area contributed by atoms with Gasteiger partial charge in [0.2, 0.25) is 0 Å². The maximum Gasteiger partial charge on any atom is 0.166 e. The summed E-state index contributed by atoms with van der Waals surface area (Å²) in [5.41, 5.74) is 1.01. The zero-order valence-corrected chi connectivity index (χ0v) is 20.6.